The second-order valence-corrected chi connectivity index (χ2v) is 22.6. The van der Waals surface area contributed by atoms with Crippen molar-refractivity contribution in [2.75, 3.05) is 9.80 Å². The van der Waals surface area contributed by atoms with Gasteiger partial charge in [0.25, 0.3) is 0 Å². The average molecular weight is 1040 g/mol. The molecule has 0 radical (unpaired) electrons. The molecule has 0 atom stereocenters. The van der Waals surface area contributed by atoms with E-state index in [2.05, 4.69) is 271 Å². The molecule has 14 rings (SSSR count). The first-order chi connectivity index (χ1) is 39.1. The fourth-order valence-electron chi connectivity index (χ4n) is 13.0. The van der Waals surface area contributed by atoms with Crippen LogP contribution < -0.4 is 9.80 Å². The first-order valence-corrected chi connectivity index (χ1v) is 28.7. The lowest BCUT2D eigenvalue weighted by molar-refractivity contribution is 0.670. The van der Waals surface area contributed by atoms with Gasteiger partial charge in [0, 0.05) is 54.8 Å². The first-order valence-electron chi connectivity index (χ1n) is 28.7. The molecule has 0 unspecified atom stereocenters. The predicted molar refractivity (Wildman–Crippen MR) is 341 cm³/mol. The molecule has 0 fully saturated rings. The lowest BCUT2D eigenvalue weighted by Crippen LogP contribution is -2.13. The standard InChI is InChI=1S/C76H64N2O2/c1-9-49-31-35-51(36-32-49)77(67-29-17-27-61-59-25-15-23-57(73(59)79-75(61)67)53-21-13-11-19-47(53)7)69-43-65(45(3)4)55-40-42-64-70(44-66(46(5)6)56-39-41-63(69)71(55)72(56)64)78(52-37-33-50(10-2)34-38-52)68-30-18-28-62-60-26-16-24-58(74(60)80-76(62)68)54-22-14-12-20-48(54)8/h11-46H,9-10H2,1-8H3. The first kappa shape index (κ1) is 49.2. The number of anilines is 6. The van der Waals surface area contributed by atoms with Gasteiger partial charge in [0.2, 0.25) is 0 Å². The lowest BCUT2D eigenvalue weighted by Gasteiger charge is -2.31. The highest BCUT2D eigenvalue weighted by atomic mass is 16.3. The molecule has 0 amide bonds. The summed E-state index contributed by atoms with van der Waals surface area (Å²) in [4.78, 5) is 4.96. The quantitative estimate of drug-likeness (QED) is 0.114. The zero-order valence-corrected chi connectivity index (χ0v) is 46.9. The van der Waals surface area contributed by atoms with Gasteiger partial charge in [0.05, 0.1) is 22.7 Å². The van der Waals surface area contributed by atoms with Gasteiger partial charge in [-0.25, -0.2) is 0 Å². The molecule has 4 nitrogen and oxygen atoms in total. The Morgan fingerprint density at radius 2 is 0.675 bits per heavy atom. The number of furan rings is 2. The zero-order valence-electron chi connectivity index (χ0n) is 46.9. The Labute approximate surface area is 468 Å². The van der Waals surface area contributed by atoms with Gasteiger partial charge in [0.15, 0.2) is 11.2 Å². The molecule has 80 heavy (non-hydrogen) atoms. The largest absolute Gasteiger partial charge is 0.453 e. The van der Waals surface area contributed by atoms with Gasteiger partial charge in [-0.15, -0.1) is 0 Å². The van der Waals surface area contributed by atoms with Crippen molar-refractivity contribution in [2.24, 2.45) is 0 Å². The topological polar surface area (TPSA) is 32.8 Å². The van der Waals surface area contributed by atoms with Crippen molar-refractivity contribution in [1.82, 2.24) is 0 Å². The summed E-state index contributed by atoms with van der Waals surface area (Å²) < 4.78 is 14.6. The molecule has 4 heteroatoms. The Kier molecular flexibility index (Phi) is 11.9. The van der Waals surface area contributed by atoms with Crippen LogP contribution in [0.15, 0.2) is 215 Å². The predicted octanol–water partition coefficient (Wildman–Crippen LogP) is 22.6. The van der Waals surface area contributed by atoms with Crippen LogP contribution >= 0.6 is 0 Å². The summed E-state index contributed by atoms with van der Waals surface area (Å²) in [6.45, 7) is 18.2. The normalized spacial score (nSPS) is 12.1. The van der Waals surface area contributed by atoms with Crippen LogP contribution in [0.1, 0.15) is 86.8 Å². The fourth-order valence-corrected chi connectivity index (χ4v) is 13.0. The Bertz CT molecular complexity index is 4410. The third kappa shape index (κ3) is 7.71. The van der Waals surface area contributed by atoms with Gasteiger partial charge in [0.1, 0.15) is 11.2 Å². The van der Waals surface area contributed by atoms with E-state index in [-0.39, 0.29) is 11.8 Å². The number of hydrogen-bond donors (Lipinski definition) is 0. The van der Waals surface area contributed by atoms with Crippen molar-refractivity contribution in [1.29, 1.82) is 0 Å². The number of benzene rings is 12. The number of aryl methyl sites for hydroxylation is 4. The van der Waals surface area contributed by atoms with Crippen LogP contribution in [0.2, 0.25) is 0 Å². The van der Waals surface area contributed by atoms with Crippen LogP contribution in [0.25, 0.3) is 98.4 Å². The Hall–Kier alpha value is -9.12. The summed E-state index contributed by atoms with van der Waals surface area (Å²) in [5.41, 5.74) is 22.1. The Morgan fingerprint density at radius 1 is 0.325 bits per heavy atom. The van der Waals surface area contributed by atoms with Crippen LogP contribution in [0.4, 0.5) is 34.1 Å². The average Bonchev–Trinajstić information content (AvgIpc) is 4.20. The summed E-state index contributed by atoms with van der Waals surface area (Å²) in [6, 6.07) is 76.6. The van der Waals surface area contributed by atoms with Gasteiger partial charge < -0.3 is 18.6 Å². The van der Waals surface area contributed by atoms with Crippen LogP contribution in [-0.2, 0) is 12.8 Å². The number of rotatable bonds is 12. The number of fused-ring (bicyclic) bond motifs is 6. The van der Waals surface area contributed by atoms with Crippen molar-refractivity contribution < 1.29 is 8.83 Å². The molecule has 0 aliphatic rings. The molecular formula is C76H64N2O2. The number of nitrogens with zero attached hydrogens (tertiary/aromatic N) is 2. The maximum absolute atomic E-state index is 7.31. The molecule has 14 aromatic rings. The van der Waals surface area contributed by atoms with E-state index in [0.717, 1.165) is 102 Å². The fraction of sp³-hybridized carbons (Fsp3) is 0.158. The van der Waals surface area contributed by atoms with Crippen molar-refractivity contribution >= 4 is 110 Å². The molecule has 12 aromatic carbocycles. The molecule has 0 saturated heterocycles. The van der Waals surface area contributed by atoms with Crippen molar-refractivity contribution in [3.8, 4) is 22.3 Å². The van der Waals surface area contributed by atoms with Crippen LogP contribution in [0.5, 0.6) is 0 Å². The third-order valence-electron chi connectivity index (χ3n) is 17.2. The summed E-state index contributed by atoms with van der Waals surface area (Å²) in [7, 11) is 0. The van der Waals surface area contributed by atoms with E-state index in [1.807, 2.05) is 0 Å². The minimum atomic E-state index is 0.217. The summed E-state index contributed by atoms with van der Waals surface area (Å²) in [5, 5.41) is 11.9. The number of para-hydroxylation sites is 4. The number of hydrogen-bond acceptors (Lipinski definition) is 4. The van der Waals surface area contributed by atoms with E-state index in [4.69, 9.17) is 8.83 Å². The summed E-state index contributed by atoms with van der Waals surface area (Å²) >= 11 is 0. The van der Waals surface area contributed by atoms with Gasteiger partial charge in [-0.2, -0.15) is 0 Å². The van der Waals surface area contributed by atoms with Crippen LogP contribution in [0, 0.1) is 13.8 Å². The summed E-state index contributed by atoms with van der Waals surface area (Å²) in [5.74, 6) is 0.434. The van der Waals surface area contributed by atoms with E-state index in [1.54, 1.807) is 0 Å². The van der Waals surface area contributed by atoms with Crippen molar-refractivity contribution in [2.45, 2.75) is 80.1 Å². The molecule has 2 aromatic heterocycles. The second kappa shape index (κ2) is 19.4. The van der Waals surface area contributed by atoms with Crippen LogP contribution in [0.3, 0.4) is 0 Å². The third-order valence-corrected chi connectivity index (χ3v) is 17.2. The molecule has 0 N–H and O–H groups in total. The van der Waals surface area contributed by atoms with E-state index in [1.165, 1.54) is 76.8 Å². The Balaban J connectivity index is 1.07. The molecule has 0 aliphatic heterocycles. The SMILES string of the molecule is CCc1ccc(N(c2cc(C(C)C)c3ccc4c(N(c5ccc(CC)cc5)c5cccc6c5oc5c(-c7ccccc7C)cccc56)cc(C(C)C)c5ccc2c3c54)c2cccc3c2oc2c(-c4ccccc4C)cccc23)cc1. The molecule has 0 saturated carbocycles. The maximum Gasteiger partial charge on any atom is 0.159 e. The van der Waals surface area contributed by atoms with E-state index in [9.17, 15) is 0 Å². The van der Waals surface area contributed by atoms with Crippen LogP contribution in [-0.4, -0.2) is 0 Å². The molecule has 2 heterocycles. The highest BCUT2D eigenvalue weighted by molar-refractivity contribution is 6.30. The van der Waals surface area contributed by atoms with E-state index < -0.39 is 0 Å². The maximum atomic E-state index is 7.31. The molecule has 0 bridgehead atoms. The zero-order chi connectivity index (χ0) is 54.5. The molecule has 390 valence electrons. The van der Waals surface area contributed by atoms with Gasteiger partial charge >= 0.3 is 0 Å². The molecule has 0 spiro atoms. The second-order valence-electron chi connectivity index (χ2n) is 22.6. The van der Waals surface area contributed by atoms with Gasteiger partial charge in [-0.3, -0.25) is 0 Å². The molecule has 0 aliphatic carbocycles. The van der Waals surface area contributed by atoms with E-state index in [0.29, 0.717) is 0 Å². The van der Waals surface area contributed by atoms with Crippen molar-refractivity contribution in [3.05, 3.63) is 240 Å². The Morgan fingerprint density at radius 3 is 1.05 bits per heavy atom. The monoisotopic (exact) mass is 1040 g/mol. The minimum Gasteiger partial charge on any atom is -0.453 e. The molecular weight excluding hydrogens is 973 g/mol. The van der Waals surface area contributed by atoms with Crippen molar-refractivity contribution in [3.63, 3.8) is 0 Å². The lowest BCUT2D eigenvalue weighted by atomic mass is 9.84. The van der Waals surface area contributed by atoms with E-state index >= 15 is 0 Å². The smallest absolute Gasteiger partial charge is 0.159 e. The highest BCUT2D eigenvalue weighted by Crippen LogP contribution is 2.54. The summed E-state index contributed by atoms with van der Waals surface area (Å²) in [6.07, 6.45) is 1.91. The van der Waals surface area contributed by atoms with Gasteiger partial charge in [-0.1, -0.05) is 199 Å². The highest BCUT2D eigenvalue weighted by Gasteiger charge is 2.29. The minimum absolute atomic E-state index is 0.217. The van der Waals surface area contributed by atoms with Gasteiger partial charge in [-0.05, 0) is 153 Å².